The number of halogens is 1. The smallest absolute Gasteiger partial charge is 0.356 e. The third kappa shape index (κ3) is 2.70. The molecule has 0 atom stereocenters. The number of fused-ring (bicyclic) bond motifs is 1. The lowest BCUT2D eigenvalue weighted by Gasteiger charge is -2.05. The van der Waals surface area contributed by atoms with Crippen molar-refractivity contribution in [2.45, 2.75) is 6.54 Å². The van der Waals surface area contributed by atoms with Crippen LogP contribution in [0.3, 0.4) is 0 Å². The molecular weight excluding hydrogens is 312 g/mol. The number of aromatic amines is 1. The molecule has 2 N–H and O–H groups in total. The zero-order valence-electron chi connectivity index (χ0n) is 11.0. The lowest BCUT2D eigenvalue weighted by Crippen LogP contribution is -2.02. The first kappa shape index (κ1) is 13.8. The highest BCUT2D eigenvalue weighted by Gasteiger charge is 2.15. The Labute approximate surface area is 129 Å². The van der Waals surface area contributed by atoms with Gasteiger partial charge in [-0.1, -0.05) is 23.7 Å². The van der Waals surface area contributed by atoms with Crippen LogP contribution in [0.25, 0.3) is 10.9 Å². The predicted octanol–water partition coefficient (Wildman–Crippen LogP) is 3.07. The lowest BCUT2D eigenvalue weighted by molar-refractivity contribution is 0.0596. The summed E-state index contributed by atoms with van der Waals surface area (Å²) in [4.78, 5) is 16.7. The second kappa shape index (κ2) is 5.71. The molecule has 0 aliphatic rings. The summed E-state index contributed by atoms with van der Waals surface area (Å²) in [6, 6.07) is 5.57. The first-order valence-electron chi connectivity index (χ1n) is 6.08. The first-order chi connectivity index (χ1) is 10.2. The van der Waals surface area contributed by atoms with E-state index in [9.17, 15) is 4.79 Å². The van der Waals surface area contributed by atoms with E-state index < -0.39 is 5.97 Å². The van der Waals surface area contributed by atoms with Gasteiger partial charge in [-0.15, -0.1) is 11.3 Å². The number of methoxy groups -OCH3 is 1. The van der Waals surface area contributed by atoms with Gasteiger partial charge in [0, 0.05) is 16.5 Å². The summed E-state index contributed by atoms with van der Waals surface area (Å²) >= 11 is 7.22. The number of carbonyl (C=O) groups is 1. The average Bonchev–Trinajstić information content (AvgIpc) is 3.10. The number of carbonyl (C=O) groups excluding carboxylic acids is 1. The van der Waals surface area contributed by atoms with Gasteiger partial charge in [0.2, 0.25) is 0 Å². The van der Waals surface area contributed by atoms with Gasteiger partial charge in [0.05, 0.1) is 19.3 Å². The summed E-state index contributed by atoms with van der Waals surface area (Å²) in [6.45, 7) is 0.587. The molecule has 3 rings (SSSR count). The van der Waals surface area contributed by atoms with E-state index in [1.807, 2.05) is 18.2 Å². The van der Waals surface area contributed by atoms with Crippen molar-refractivity contribution in [2.75, 3.05) is 12.4 Å². The number of H-pyrrole nitrogens is 1. The van der Waals surface area contributed by atoms with Crippen molar-refractivity contribution in [1.29, 1.82) is 0 Å². The molecule has 0 bridgehead atoms. The highest BCUT2D eigenvalue weighted by atomic mass is 35.5. The summed E-state index contributed by atoms with van der Waals surface area (Å²) in [5.41, 5.74) is 1.86. The standard InChI is InChI=1S/C13H11ClN4O2S/c1-20-12(19)11-8-3-2-4-9(10(8)17-18-11)15-5-7-6-16-13(14)21-7/h2-4,6,15H,5H2,1H3,(H,17,18). The Hall–Kier alpha value is -2.12. The normalized spacial score (nSPS) is 10.8. The van der Waals surface area contributed by atoms with Crippen LogP contribution in [0.4, 0.5) is 5.69 Å². The first-order valence-corrected chi connectivity index (χ1v) is 7.28. The summed E-state index contributed by atoms with van der Waals surface area (Å²) in [5, 5.41) is 10.9. The number of benzene rings is 1. The average molecular weight is 323 g/mol. The molecule has 21 heavy (non-hydrogen) atoms. The number of ether oxygens (including phenoxy) is 1. The van der Waals surface area contributed by atoms with E-state index in [2.05, 4.69) is 20.5 Å². The minimum Gasteiger partial charge on any atom is -0.464 e. The fourth-order valence-electron chi connectivity index (χ4n) is 1.99. The van der Waals surface area contributed by atoms with Gasteiger partial charge in [0.15, 0.2) is 10.2 Å². The number of anilines is 1. The number of thiazole rings is 1. The second-order valence-electron chi connectivity index (χ2n) is 4.23. The highest BCUT2D eigenvalue weighted by molar-refractivity contribution is 7.15. The van der Waals surface area contributed by atoms with Gasteiger partial charge in [-0.3, -0.25) is 5.10 Å². The monoisotopic (exact) mass is 322 g/mol. The van der Waals surface area contributed by atoms with Gasteiger partial charge in [-0.2, -0.15) is 5.10 Å². The van der Waals surface area contributed by atoms with Crippen LogP contribution in [-0.4, -0.2) is 28.3 Å². The molecule has 0 aliphatic carbocycles. The zero-order valence-corrected chi connectivity index (χ0v) is 12.6. The molecule has 0 saturated heterocycles. The molecule has 0 spiro atoms. The maximum absolute atomic E-state index is 11.6. The Morgan fingerprint density at radius 3 is 3.10 bits per heavy atom. The number of esters is 1. The van der Waals surface area contributed by atoms with E-state index in [1.165, 1.54) is 18.4 Å². The molecule has 108 valence electrons. The molecule has 6 nitrogen and oxygen atoms in total. The fraction of sp³-hybridized carbons (Fsp3) is 0.154. The maximum Gasteiger partial charge on any atom is 0.356 e. The molecule has 0 fully saturated rings. The summed E-state index contributed by atoms with van der Waals surface area (Å²) in [6.07, 6.45) is 1.73. The van der Waals surface area contributed by atoms with Crippen molar-refractivity contribution >= 4 is 45.5 Å². The SMILES string of the molecule is COC(=O)c1[nH]nc2c(NCc3cnc(Cl)s3)cccc12. The predicted molar refractivity (Wildman–Crippen MR) is 81.9 cm³/mol. The topological polar surface area (TPSA) is 79.9 Å². The number of hydrogen-bond acceptors (Lipinski definition) is 6. The molecule has 1 aromatic carbocycles. The number of aromatic nitrogens is 3. The Balaban J connectivity index is 1.89. The molecular formula is C13H11ClN4O2S. The van der Waals surface area contributed by atoms with E-state index in [1.54, 1.807) is 6.20 Å². The Morgan fingerprint density at radius 1 is 1.52 bits per heavy atom. The van der Waals surface area contributed by atoms with Crippen LogP contribution in [0.1, 0.15) is 15.4 Å². The largest absolute Gasteiger partial charge is 0.464 e. The lowest BCUT2D eigenvalue weighted by atomic mass is 10.2. The van der Waals surface area contributed by atoms with Gasteiger partial charge in [0.25, 0.3) is 0 Å². The van der Waals surface area contributed by atoms with Crippen LogP contribution in [-0.2, 0) is 11.3 Å². The van der Waals surface area contributed by atoms with Crippen LogP contribution < -0.4 is 5.32 Å². The van der Waals surface area contributed by atoms with E-state index in [4.69, 9.17) is 16.3 Å². The van der Waals surface area contributed by atoms with Gasteiger partial charge >= 0.3 is 5.97 Å². The summed E-state index contributed by atoms with van der Waals surface area (Å²) < 4.78 is 5.23. The number of para-hydroxylation sites is 1. The van der Waals surface area contributed by atoms with Crippen molar-refractivity contribution in [3.8, 4) is 0 Å². The molecule has 2 aromatic heterocycles. The summed E-state index contributed by atoms with van der Waals surface area (Å²) in [7, 11) is 1.34. The quantitative estimate of drug-likeness (QED) is 0.722. The van der Waals surface area contributed by atoms with Crippen LogP contribution >= 0.6 is 22.9 Å². The third-order valence-electron chi connectivity index (χ3n) is 2.95. The van der Waals surface area contributed by atoms with Crippen molar-refractivity contribution in [3.63, 3.8) is 0 Å². The second-order valence-corrected chi connectivity index (χ2v) is 5.92. The van der Waals surface area contributed by atoms with E-state index in [0.717, 1.165) is 10.6 Å². The number of nitrogens with one attached hydrogen (secondary N) is 2. The van der Waals surface area contributed by atoms with E-state index in [0.29, 0.717) is 27.6 Å². The van der Waals surface area contributed by atoms with Gasteiger partial charge in [-0.25, -0.2) is 9.78 Å². The van der Waals surface area contributed by atoms with E-state index >= 15 is 0 Å². The molecule has 8 heteroatoms. The minimum absolute atomic E-state index is 0.344. The van der Waals surface area contributed by atoms with Crippen LogP contribution in [0, 0.1) is 0 Å². The third-order valence-corrected chi connectivity index (χ3v) is 4.07. The molecule has 0 amide bonds. The van der Waals surface area contributed by atoms with Gasteiger partial charge in [0.1, 0.15) is 5.52 Å². The Kier molecular flexibility index (Phi) is 3.76. The Bertz CT molecular complexity index is 798. The Morgan fingerprint density at radius 2 is 2.38 bits per heavy atom. The molecule has 2 heterocycles. The van der Waals surface area contributed by atoms with Crippen molar-refractivity contribution in [1.82, 2.24) is 15.2 Å². The number of rotatable bonds is 4. The van der Waals surface area contributed by atoms with Crippen molar-refractivity contribution in [3.05, 3.63) is 39.4 Å². The van der Waals surface area contributed by atoms with E-state index in [-0.39, 0.29) is 0 Å². The van der Waals surface area contributed by atoms with Crippen LogP contribution in [0.2, 0.25) is 4.47 Å². The highest BCUT2D eigenvalue weighted by Crippen LogP contribution is 2.25. The van der Waals surface area contributed by atoms with Crippen molar-refractivity contribution < 1.29 is 9.53 Å². The van der Waals surface area contributed by atoms with Gasteiger partial charge in [-0.05, 0) is 6.07 Å². The summed E-state index contributed by atoms with van der Waals surface area (Å²) in [5.74, 6) is -0.441. The number of nitrogens with zero attached hydrogens (tertiary/aromatic N) is 2. The zero-order chi connectivity index (χ0) is 14.8. The molecule has 0 saturated carbocycles. The molecule has 0 aliphatic heterocycles. The minimum atomic E-state index is -0.441. The number of hydrogen-bond donors (Lipinski definition) is 2. The van der Waals surface area contributed by atoms with Crippen LogP contribution in [0.5, 0.6) is 0 Å². The fourth-order valence-corrected chi connectivity index (χ4v) is 2.90. The molecule has 0 unspecified atom stereocenters. The van der Waals surface area contributed by atoms with Crippen molar-refractivity contribution in [2.24, 2.45) is 0 Å². The molecule has 0 radical (unpaired) electrons. The van der Waals surface area contributed by atoms with Crippen LogP contribution in [0.15, 0.2) is 24.4 Å². The molecule has 3 aromatic rings. The van der Waals surface area contributed by atoms with Gasteiger partial charge < -0.3 is 10.1 Å². The maximum atomic E-state index is 11.6.